The first-order valence-corrected chi connectivity index (χ1v) is 6.24. The molecule has 1 unspecified atom stereocenters. The monoisotopic (exact) mass is 272 g/mol. The van der Waals surface area contributed by atoms with Crippen LogP contribution in [0, 0.1) is 5.92 Å². The smallest absolute Gasteiger partial charge is 0.269 e. The van der Waals surface area contributed by atoms with Gasteiger partial charge in [0.2, 0.25) is 0 Å². The van der Waals surface area contributed by atoms with Crippen LogP contribution in [0.3, 0.4) is 0 Å². The van der Waals surface area contributed by atoms with Crippen molar-refractivity contribution in [3.05, 3.63) is 18.0 Å². The molecule has 1 fully saturated rings. The number of nitrogens with zero attached hydrogens (tertiary/aromatic N) is 2. The number of aromatic nitrogens is 2. The average molecular weight is 273 g/mol. The van der Waals surface area contributed by atoms with Crippen LogP contribution in [-0.2, 0) is 7.05 Å². The van der Waals surface area contributed by atoms with E-state index in [1.54, 1.807) is 24.0 Å². The number of piperidine rings is 1. The van der Waals surface area contributed by atoms with Crippen LogP contribution in [0.2, 0.25) is 0 Å². The molecule has 1 aliphatic rings. The van der Waals surface area contributed by atoms with E-state index in [0.717, 1.165) is 26.1 Å². The Morgan fingerprint density at radius 2 is 2.50 bits per heavy atom. The van der Waals surface area contributed by atoms with Crippen LogP contribution < -0.4 is 10.6 Å². The van der Waals surface area contributed by atoms with Crippen molar-refractivity contribution in [1.82, 2.24) is 20.4 Å². The van der Waals surface area contributed by atoms with Crippen molar-refractivity contribution in [1.29, 1.82) is 0 Å². The van der Waals surface area contributed by atoms with Crippen LogP contribution in [0.25, 0.3) is 0 Å². The SMILES string of the molecule is Cl.Cn1nccc1C(=O)NCCC1CCCNC1. The van der Waals surface area contributed by atoms with Crippen molar-refractivity contribution in [2.75, 3.05) is 19.6 Å². The molecule has 5 nitrogen and oxygen atoms in total. The summed E-state index contributed by atoms with van der Waals surface area (Å²) >= 11 is 0. The molecule has 0 aromatic carbocycles. The van der Waals surface area contributed by atoms with Gasteiger partial charge in [-0.3, -0.25) is 9.48 Å². The third-order valence-corrected chi connectivity index (χ3v) is 3.29. The number of rotatable bonds is 4. The first-order chi connectivity index (χ1) is 8.27. The predicted octanol–water partition coefficient (Wildman–Crippen LogP) is 0.961. The molecule has 0 spiro atoms. The number of hydrogen-bond donors (Lipinski definition) is 2. The normalized spacial score (nSPS) is 19.1. The van der Waals surface area contributed by atoms with E-state index >= 15 is 0 Å². The highest BCUT2D eigenvalue weighted by Gasteiger charge is 2.14. The summed E-state index contributed by atoms with van der Waals surface area (Å²) in [6, 6.07) is 1.73. The third kappa shape index (κ3) is 3.99. The lowest BCUT2D eigenvalue weighted by molar-refractivity contribution is 0.0941. The molecule has 18 heavy (non-hydrogen) atoms. The van der Waals surface area contributed by atoms with Gasteiger partial charge >= 0.3 is 0 Å². The number of aryl methyl sites for hydroxylation is 1. The van der Waals surface area contributed by atoms with Gasteiger partial charge in [-0.1, -0.05) is 0 Å². The molecule has 0 bridgehead atoms. The minimum Gasteiger partial charge on any atom is -0.351 e. The molecule has 1 saturated heterocycles. The average Bonchev–Trinajstić information content (AvgIpc) is 2.77. The van der Waals surface area contributed by atoms with E-state index in [9.17, 15) is 4.79 Å². The molecular formula is C12H21ClN4O. The summed E-state index contributed by atoms with van der Waals surface area (Å²) in [5.41, 5.74) is 0.617. The van der Waals surface area contributed by atoms with E-state index in [-0.39, 0.29) is 18.3 Å². The fourth-order valence-corrected chi connectivity index (χ4v) is 2.25. The Hall–Kier alpha value is -1.07. The number of hydrogen-bond acceptors (Lipinski definition) is 3. The summed E-state index contributed by atoms with van der Waals surface area (Å²) in [6.07, 6.45) is 5.21. The quantitative estimate of drug-likeness (QED) is 0.858. The second kappa shape index (κ2) is 7.38. The van der Waals surface area contributed by atoms with Gasteiger partial charge in [0.05, 0.1) is 0 Å². The van der Waals surface area contributed by atoms with Crippen LogP contribution in [0.4, 0.5) is 0 Å². The molecule has 2 heterocycles. The molecule has 0 aliphatic carbocycles. The van der Waals surface area contributed by atoms with Gasteiger partial charge < -0.3 is 10.6 Å². The number of nitrogens with one attached hydrogen (secondary N) is 2. The highest BCUT2D eigenvalue weighted by Crippen LogP contribution is 2.12. The summed E-state index contributed by atoms with van der Waals surface area (Å²) < 4.78 is 1.59. The number of halogens is 1. The van der Waals surface area contributed by atoms with Gasteiger partial charge in [0.1, 0.15) is 5.69 Å². The van der Waals surface area contributed by atoms with E-state index in [1.807, 2.05) is 0 Å². The molecule has 1 aromatic heterocycles. The zero-order valence-electron chi connectivity index (χ0n) is 10.7. The maximum atomic E-state index is 11.8. The lowest BCUT2D eigenvalue weighted by Gasteiger charge is -2.22. The molecule has 0 saturated carbocycles. The first kappa shape index (κ1) is 15.0. The number of amides is 1. The molecule has 0 radical (unpaired) electrons. The van der Waals surface area contributed by atoms with E-state index < -0.39 is 0 Å². The predicted molar refractivity (Wildman–Crippen MR) is 73.0 cm³/mol. The zero-order valence-corrected chi connectivity index (χ0v) is 11.5. The zero-order chi connectivity index (χ0) is 12.1. The lowest BCUT2D eigenvalue weighted by atomic mass is 9.96. The lowest BCUT2D eigenvalue weighted by Crippen LogP contribution is -2.33. The van der Waals surface area contributed by atoms with Crippen molar-refractivity contribution in [2.45, 2.75) is 19.3 Å². The Balaban J connectivity index is 0.00000162. The molecule has 6 heteroatoms. The highest BCUT2D eigenvalue weighted by molar-refractivity contribution is 5.92. The Labute approximate surface area is 114 Å². The highest BCUT2D eigenvalue weighted by atomic mass is 35.5. The summed E-state index contributed by atoms with van der Waals surface area (Å²) in [7, 11) is 1.78. The van der Waals surface area contributed by atoms with Crippen LogP contribution in [0.15, 0.2) is 12.3 Å². The summed E-state index contributed by atoms with van der Waals surface area (Å²) in [5, 5.41) is 10.3. The number of carbonyl (C=O) groups is 1. The second-order valence-corrected chi connectivity index (χ2v) is 4.60. The van der Waals surface area contributed by atoms with E-state index in [4.69, 9.17) is 0 Å². The first-order valence-electron chi connectivity index (χ1n) is 6.24. The van der Waals surface area contributed by atoms with E-state index in [2.05, 4.69) is 15.7 Å². The molecule has 1 atom stereocenters. The molecule has 2 N–H and O–H groups in total. The molecule has 2 rings (SSSR count). The van der Waals surface area contributed by atoms with Gasteiger partial charge in [-0.2, -0.15) is 5.10 Å². The van der Waals surface area contributed by atoms with Gasteiger partial charge in [0.25, 0.3) is 5.91 Å². The minimum absolute atomic E-state index is 0. The van der Waals surface area contributed by atoms with Gasteiger partial charge in [-0.25, -0.2) is 0 Å². The molecular weight excluding hydrogens is 252 g/mol. The van der Waals surface area contributed by atoms with Gasteiger partial charge in [-0.15, -0.1) is 12.4 Å². The van der Waals surface area contributed by atoms with Crippen LogP contribution in [-0.4, -0.2) is 35.3 Å². The maximum Gasteiger partial charge on any atom is 0.269 e. The fraction of sp³-hybridized carbons (Fsp3) is 0.667. The van der Waals surface area contributed by atoms with Crippen LogP contribution >= 0.6 is 12.4 Å². The van der Waals surface area contributed by atoms with Crippen molar-refractivity contribution < 1.29 is 4.79 Å². The van der Waals surface area contributed by atoms with E-state index in [0.29, 0.717) is 11.6 Å². The molecule has 1 aromatic rings. The largest absolute Gasteiger partial charge is 0.351 e. The van der Waals surface area contributed by atoms with Gasteiger partial charge in [0.15, 0.2) is 0 Å². The Morgan fingerprint density at radius 3 is 3.11 bits per heavy atom. The van der Waals surface area contributed by atoms with Crippen LogP contribution in [0.1, 0.15) is 29.8 Å². The second-order valence-electron chi connectivity index (χ2n) is 4.60. The van der Waals surface area contributed by atoms with Crippen molar-refractivity contribution in [2.24, 2.45) is 13.0 Å². The molecule has 1 amide bonds. The third-order valence-electron chi connectivity index (χ3n) is 3.29. The fourth-order valence-electron chi connectivity index (χ4n) is 2.25. The summed E-state index contributed by atoms with van der Waals surface area (Å²) in [4.78, 5) is 11.8. The van der Waals surface area contributed by atoms with E-state index in [1.165, 1.54) is 12.8 Å². The molecule has 102 valence electrons. The Morgan fingerprint density at radius 1 is 1.67 bits per heavy atom. The van der Waals surface area contributed by atoms with Crippen molar-refractivity contribution in [3.8, 4) is 0 Å². The summed E-state index contributed by atoms with van der Waals surface area (Å²) in [6.45, 7) is 2.97. The van der Waals surface area contributed by atoms with Crippen molar-refractivity contribution in [3.63, 3.8) is 0 Å². The maximum absolute atomic E-state index is 11.8. The van der Waals surface area contributed by atoms with Gasteiger partial charge in [0, 0.05) is 19.8 Å². The topological polar surface area (TPSA) is 59.0 Å². The molecule has 1 aliphatic heterocycles. The van der Waals surface area contributed by atoms with Crippen molar-refractivity contribution >= 4 is 18.3 Å². The Kier molecular flexibility index (Phi) is 6.15. The standard InChI is InChI=1S/C12H20N4O.ClH/c1-16-11(5-8-15-16)12(17)14-7-4-10-3-2-6-13-9-10;/h5,8,10,13H,2-4,6-7,9H2,1H3,(H,14,17);1H. The Bertz CT molecular complexity index is 374. The van der Waals surface area contributed by atoms with Crippen LogP contribution in [0.5, 0.6) is 0 Å². The minimum atomic E-state index is -0.0335. The number of carbonyl (C=O) groups excluding carboxylic acids is 1. The summed E-state index contributed by atoms with van der Waals surface area (Å²) in [5.74, 6) is 0.671. The van der Waals surface area contributed by atoms with Gasteiger partial charge in [-0.05, 0) is 44.3 Å².